The van der Waals surface area contributed by atoms with Gasteiger partial charge in [0.05, 0.1) is 11.4 Å². The third-order valence-corrected chi connectivity index (χ3v) is 4.78. The molecular weight excluding hydrogens is 310 g/mol. The van der Waals surface area contributed by atoms with Crippen molar-refractivity contribution in [2.45, 2.75) is 39.9 Å². The molecule has 2 aromatic rings. The lowest BCUT2D eigenvalue weighted by atomic mass is 10.3. The number of nitrogens with zero attached hydrogens (tertiary/aromatic N) is 2. The zero-order chi connectivity index (χ0) is 13.0. The van der Waals surface area contributed by atoms with Crippen LogP contribution >= 0.6 is 27.3 Å². The quantitative estimate of drug-likeness (QED) is 0.878. The van der Waals surface area contributed by atoms with Crippen LogP contribution in [-0.4, -0.2) is 9.78 Å². The van der Waals surface area contributed by atoms with Gasteiger partial charge < -0.3 is 5.32 Å². The highest BCUT2D eigenvalue weighted by Crippen LogP contribution is 2.22. The summed E-state index contributed by atoms with van der Waals surface area (Å²) in [4.78, 5) is 1.34. The van der Waals surface area contributed by atoms with Gasteiger partial charge in [-0.15, -0.1) is 11.3 Å². The van der Waals surface area contributed by atoms with Crippen molar-refractivity contribution in [3.63, 3.8) is 0 Å². The van der Waals surface area contributed by atoms with E-state index in [4.69, 9.17) is 0 Å². The summed E-state index contributed by atoms with van der Waals surface area (Å²) in [5.41, 5.74) is 2.44. The fourth-order valence-electron chi connectivity index (χ4n) is 1.86. The van der Waals surface area contributed by atoms with E-state index in [-0.39, 0.29) is 0 Å². The summed E-state index contributed by atoms with van der Waals surface area (Å²) in [6.45, 7) is 6.97. The fraction of sp³-hybridized carbons (Fsp3) is 0.462. The first kappa shape index (κ1) is 13.8. The number of rotatable bonds is 6. The molecule has 2 rings (SSSR count). The predicted molar refractivity (Wildman–Crippen MR) is 79.8 cm³/mol. The van der Waals surface area contributed by atoms with Crippen LogP contribution in [0.25, 0.3) is 0 Å². The minimum absolute atomic E-state index is 0.866. The third kappa shape index (κ3) is 3.22. The summed E-state index contributed by atoms with van der Waals surface area (Å²) in [7, 11) is 0. The van der Waals surface area contributed by atoms with E-state index >= 15 is 0 Å². The van der Waals surface area contributed by atoms with Gasteiger partial charge in [0.25, 0.3) is 0 Å². The van der Waals surface area contributed by atoms with Gasteiger partial charge in [0.1, 0.15) is 0 Å². The fourth-order valence-corrected chi connectivity index (χ4v) is 3.32. The van der Waals surface area contributed by atoms with Crippen LogP contribution in [0.1, 0.15) is 30.1 Å². The summed E-state index contributed by atoms with van der Waals surface area (Å²) in [5, 5.41) is 10.1. The average Bonchev–Trinajstić information content (AvgIpc) is 2.96. The molecule has 0 bridgehead atoms. The molecule has 0 amide bonds. The molecule has 0 atom stereocenters. The van der Waals surface area contributed by atoms with Gasteiger partial charge in [-0.2, -0.15) is 5.10 Å². The molecule has 98 valence electrons. The predicted octanol–water partition coefficient (Wildman–Crippen LogP) is 3.58. The molecule has 0 aliphatic rings. The molecule has 0 radical (unpaired) electrons. The van der Waals surface area contributed by atoms with E-state index in [0.29, 0.717) is 0 Å². The van der Waals surface area contributed by atoms with Gasteiger partial charge in [-0.3, -0.25) is 4.68 Å². The van der Waals surface area contributed by atoms with Crippen molar-refractivity contribution >= 4 is 27.3 Å². The van der Waals surface area contributed by atoms with E-state index in [9.17, 15) is 0 Å². The monoisotopic (exact) mass is 327 g/mol. The van der Waals surface area contributed by atoms with Crippen molar-refractivity contribution in [2.75, 3.05) is 0 Å². The first-order valence-electron chi connectivity index (χ1n) is 6.22. The lowest BCUT2D eigenvalue weighted by molar-refractivity contribution is 0.579. The Morgan fingerprint density at radius 3 is 2.83 bits per heavy atom. The molecule has 2 aromatic heterocycles. The maximum atomic E-state index is 4.55. The highest BCUT2D eigenvalue weighted by molar-refractivity contribution is 9.10. The Balaban J connectivity index is 1.93. The molecule has 1 N–H and O–H groups in total. The van der Waals surface area contributed by atoms with E-state index < -0.39 is 0 Å². The van der Waals surface area contributed by atoms with Crippen molar-refractivity contribution in [1.29, 1.82) is 0 Å². The lowest BCUT2D eigenvalue weighted by Gasteiger charge is -2.06. The number of aromatic nitrogens is 2. The molecule has 5 heteroatoms. The molecule has 0 unspecified atom stereocenters. The van der Waals surface area contributed by atoms with Gasteiger partial charge in [-0.05, 0) is 46.8 Å². The number of thiophene rings is 1. The molecule has 0 fully saturated rings. The summed E-state index contributed by atoms with van der Waals surface area (Å²) < 4.78 is 3.27. The standard InChI is InChI=1S/C13H18BrN3S/c1-3-10-7-11(17(4-2)16-10)8-15-9-13-12(14)5-6-18-13/h5-7,15H,3-4,8-9H2,1-2H3. The first-order valence-corrected chi connectivity index (χ1v) is 7.90. The maximum absolute atomic E-state index is 4.55. The maximum Gasteiger partial charge on any atom is 0.0625 e. The summed E-state index contributed by atoms with van der Waals surface area (Å²) in [6, 6.07) is 4.28. The number of nitrogens with one attached hydrogen (secondary N) is 1. The second-order valence-electron chi connectivity index (χ2n) is 4.09. The molecule has 0 spiro atoms. The Hall–Kier alpha value is -0.650. The Bertz CT molecular complexity index is 504. The van der Waals surface area contributed by atoms with E-state index in [2.05, 4.69) is 62.4 Å². The molecular formula is C13H18BrN3S. The molecule has 0 aromatic carbocycles. The van der Waals surface area contributed by atoms with Crippen LogP contribution in [0.5, 0.6) is 0 Å². The Labute approximate surface area is 120 Å². The van der Waals surface area contributed by atoms with Crippen LogP contribution in [-0.2, 0) is 26.1 Å². The molecule has 18 heavy (non-hydrogen) atoms. The van der Waals surface area contributed by atoms with Gasteiger partial charge in [0.15, 0.2) is 0 Å². The van der Waals surface area contributed by atoms with E-state index in [1.54, 1.807) is 11.3 Å². The largest absolute Gasteiger partial charge is 0.306 e. The molecule has 0 aliphatic carbocycles. The van der Waals surface area contributed by atoms with Gasteiger partial charge in [-0.1, -0.05) is 6.92 Å². The third-order valence-electron chi connectivity index (χ3n) is 2.86. The topological polar surface area (TPSA) is 29.9 Å². The Morgan fingerprint density at radius 2 is 2.22 bits per heavy atom. The minimum atomic E-state index is 0.866. The zero-order valence-corrected chi connectivity index (χ0v) is 13.1. The molecule has 0 saturated heterocycles. The molecule has 0 aliphatic heterocycles. The van der Waals surface area contributed by atoms with Crippen LogP contribution in [0.4, 0.5) is 0 Å². The van der Waals surface area contributed by atoms with Gasteiger partial charge in [-0.25, -0.2) is 0 Å². The average molecular weight is 328 g/mol. The van der Waals surface area contributed by atoms with Crippen molar-refractivity contribution in [2.24, 2.45) is 0 Å². The second-order valence-corrected chi connectivity index (χ2v) is 5.95. The number of hydrogen-bond donors (Lipinski definition) is 1. The number of hydrogen-bond acceptors (Lipinski definition) is 3. The van der Waals surface area contributed by atoms with Crippen LogP contribution in [0.2, 0.25) is 0 Å². The second kappa shape index (κ2) is 6.50. The minimum Gasteiger partial charge on any atom is -0.306 e. The van der Waals surface area contributed by atoms with E-state index in [0.717, 1.165) is 26.1 Å². The lowest BCUT2D eigenvalue weighted by Crippen LogP contribution is -2.15. The van der Waals surface area contributed by atoms with Crippen molar-refractivity contribution in [3.05, 3.63) is 38.3 Å². The number of halogens is 1. The van der Waals surface area contributed by atoms with Crippen molar-refractivity contribution in [3.8, 4) is 0 Å². The molecule has 2 heterocycles. The highest BCUT2D eigenvalue weighted by atomic mass is 79.9. The zero-order valence-electron chi connectivity index (χ0n) is 10.7. The Kier molecular flexibility index (Phi) is 4.97. The highest BCUT2D eigenvalue weighted by Gasteiger charge is 2.06. The molecule has 0 saturated carbocycles. The van der Waals surface area contributed by atoms with Crippen LogP contribution in [0.3, 0.4) is 0 Å². The number of aryl methyl sites for hydroxylation is 2. The van der Waals surface area contributed by atoms with Crippen LogP contribution < -0.4 is 5.32 Å². The van der Waals surface area contributed by atoms with Crippen molar-refractivity contribution in [1.82, 2.24) is 15.1 Å². The SMILES string of the molecule is CCc1cc(CNCc2sccc2Br)n(CC)n1. The summed E-state index contributed by atoms with van der Waals surface area (Å²) in [5.74, 6) is 0. The van der Waals surface area contributed by atoms with Crippen LogP contribution in [0, 0.1) is 0 Å². The summed E-state index contributed by atoms with van der Waals surface area (Å²) in [6.07, 6.45) is 0.997. The van der Waals surface area contributed by atoms with Gasteiger partial charge in [0, 0.05) is 29.0 Å². The van der Waals surface area contributed by atoms with E-state index in [1.807, 2.05) is 0 Å². The Morgan fingerprint density at radius 1 is 1.39 bits per heavy atom. The first-order chi connectivity index (χ1) is 8.74. The van der Waals surface area contributed by atoms with Crippen LogP contribution in [0.15, 0.2) is 22.0 Å². The van der Waals surface area contributed by atoms with Crippen molar-refractivity contribution < 1.29 is 0 Å². The van der Waals surface area contributed by atoms with Gasteiger partial charge >= 0.3 is 0 Å². The smallest absolute Gasteiger partial charge is 0.0625 e. The molecule has 3 nitrogen and oxygen atoms in total. The van der Waals surface area contributed by atoms with E-state index in [1.165, 1.54) is 20.7 Å². The summed E-state index contributed by atoms with van der Waals surface area (Å²) >= 11 is 5.32. The van der Waals surface area contributed by atoms with Gasteiger partial charge in [0.2, 0.25) is 0 Å². The normalized spacial score (nSPS) is 11.1.